The molecule has 0 aliphatic carbocycles. The SMILES string of the molecule is CCOC(=O)/C(=C/N)c1cc(NC(=O)OC(C)(C)C)c(F)cn1. The zero-order valence-electron chi connectivity index (χ0n) is 13.5. The van der Waals surface area contributed by atoms with Crippen LogP contribution in [0.15, 0.2) is 18.5 Å². The van der Waals surface area contributed by atoms with E-state index in [1.807, 2.05) is 0 Å². The Hall–Kier alpha value is -2.64. The van der Waals surface area contributed by atoms with Gasteiger partial charge in [-0.15, -0.1) is 0 Å². The summed E-state index contributed by atoms with van der Waals surface area (Å²) >= 11 is 0. The highest BCUT2D eigenvalue weighted by atomic mass is 19.1. The van der Waals surface area contributed by atoms with Crippen LogP contribution in [0.25, 0.3) is 5.57 Å². The van der Waals surface area contributed by atoms with Crippen LogP contribution in [0.3, 0.4) is 0 Å². The maximum absolute atomic E-state index is 13.8. The Bertz CT molecular complexity index is 624. The highest BCUT2D eigenvalue weighted by Gasteiger charge is 2.20. The molecule has 0 fully saturated rings. The number of nitrogens with zero attached hydrogens (tertiary/aromatic N) is 1. The third kappa shape index (κ3) is 5.57. The molecule has 1 aromatic rings. The topological polar surface area (TPSA) is 104 Å². The molecule has 8 heteroatoms. The molecule has 0 spiro atoms. The van der Waals surface area contributed by atoms with Gasteiger partial charge < -0.3 is 15.2 Å². The summed E-state index contributed by atoms with van der Waals surface area (Å²) in [6.07, 6.45) is 1.04. The van der Waals surface area contributed by atoms with Crippen LogP contribution in [0.5, 0.6) is 0 Å². The normalized spacial score (nSPS) is 11.8. The number of halogens is 1. The fourth-order valence-corrected chi connectivity index (χ4v) is 1.56. The van der Waals surface area contributed by atoms with E-state index < -0.39 is 23.5 Å². The maximum Gasteiger partial charge on any atom is 0.412 e. The molecule has 1 rings (SSSR count). The number of aromatic nitrogens is 1. The van der Waals surface area contributed by atoms with Gasteiger partial charge in [-0.1, -0.05) is 0 Å². The summed E-state index contributed by atoms with van der Waals surface area (Å²) in [6, 6.07) is 1.18. The van der Waals surface area contributed by atoms with Gasteiger partial charge in [0, 0.05) is 6.20 Å². The van der Waals surface area contributed by atoms with Crippen LogP contribution in [0.1, 0.15) is 33.4 Å². The molecule has 3 N–H and O–H groups in total. The minimum Gasteiger partial charge on any atom is -0.462 e. The van der Waals surface area contributed by atoms with Crippen LogP contribution < -0.4 is 11.1 Å². The molecule has 0 aliphatic heterocycles. The molecule has 7 nitrogen and oxygen atoms in total. The average molecular weight is 325 g/mol. The van der Waals surface area contributed by atoms with Gasteiger partial charge in [0.2, 0.25) is 0 Å². The van der Waals surface area contributed by atoms with Crippen molar-refractivity contribution in [2.75, 3.05) is 11.9 Å². The zero-order valence-corrected chi connectivity index (χ0v) is 13.5. The van der Waals surface area contributed by atoms with Crippen molar-refractivity contribution in [3.05, 3.63) is 30.0 Å². The number of nitrogens with two attached hydrogens (primary N) is 1. The van der Waals surface area contributed by atoms with Gasteiger partial charge in [-0.2, -0.15) is 0 Å². The smallest absolute Gasteiger partial charge is 0.412 e. The molecule has 126 valence electrons. The molecule has 0 bridgehead atoms. The summed E-state index contributed by atoms with van der Waals surface area (Å²) in [7, 11) is 0. The van der Waals surface area contributed by atoms with Crippen molar-refractivity contribution in [1.29, 1.82) is 0 Å². The van der Waals surface area contributed by atoms with Gasteiger partial charge in [0.05, 0.1) is 24.2 Å². The van der Waals surface area contributed by atoms with E-state index in [1.165, 1.54) is 6.07 Å². The van der Waals surface area contributed by atoms with Crippen molar-refractivity contribution < 1.29 is 23.5 Å². The predicted molar refractivity (Wildman–Crippen MR) is 82.8 cm³/mol. The van der Waals surface area contributed by atoms with Crippen LogP contribution in [0, 0.1) is 5.82 Å². The third-order valence-corrected chi connectivity index (χ3v) is 2.43. The summed E-state index contributed by atoms with van der Waals surface area (Å²) < 4.78 is 23.7. The van der Waals surface area contributed by atoms with Gasteiger partial charge in [-0.25, -0.2) is 14.0 Å². The number of amides is 1. The van der Waals surface area contributed by atoms with E-state index in [0.717, 1.165) is 12.4 Å². The lowest BCUT2D eigenvalue weighted by Gasteiger charge is -2.20. The Morgan fingerprint density at radius 1 is 1.43 bits per heavy atom. The number of hydrogen-bond acceptors (Lipinski definition) is 6. The van der Waals surface area contributed by atoms with Gasteiger partial charge in [0.25, 0.3) is 0 Å². The largest absolute Gasteiger partial charge is 0.462 e. The van der Waals surface area contributed by atoms with Crippen LogP contribution in [0.2, 0.25) is 0 Å². The lowest BCUT2D eigenvalue weighted by Crippen LogP contribution is -2.27. The van der Waals surface area contributed by atoms with Gasteiger partial charge >= 0.3 is 12.1 Å². The van der Waals surface area contributed by atoms with Gasteiger partial charge in [0.1, 0.15) is 11.2 Å². The lowest BCUT2D eigenvalue weighted by molar-refractivity contribution is -0.136. The molecule has 0 unspecified atom stereocenters. The second kappa shape index (κ2) is 7.57. The molecule has 1 aromatic heterocycles. The van der Waals surface area contributed by atoms with Crippen LogP contribution >= 0.6 is 0 Å². The first-order chi connectivity index (χ1) is 10.7. The Labute approximate surface area is 133 Å². The number of anilines is 1. The summed E-state index contributed by atoms with van der Waals surface area (Å²) in [5.41, 5.74) is 4.51. The molecule has 1 amide bonds. The van der Waals surface area contributed by atoms with E-state index in [9.17, 15) is 14.0 Å². The molecule has 0 aromatic carbocycles. The first-order valence-electron chi connectivity index (χ1n) is 6.93. The van der Waals surface area contributed by atoms with E-state index in [0.29, 0.717) is 0 Å². The summed E-state index contributed by atoms with van der Waals surface area (Å²) in [5, 5.41) is 2.26. The first-order valence-corrected chi connectivity index (χ1v) is 6.93. The number of esters is 1. The third-order valence-electron chi connectivity index (χ3n) is 2.43. The van der Waals surface area contributed by atoms with E-state index in [2.05, 4.69) is 10.3 Å². The van der Waals surface area contributed by atoms with E-state index in [4.69, 9.17) is 15.2 Å². The fraction of sp³-hybridized carbons (Fsp3) is 0.400. The number of carbonyl (C=O) groups is 2. The number of ether oxygens (including phenoxy) is 2. The highest BCUT2D eigenvalue weighted by molar-refractivity contribution is 6.15. The molecular weight excluding hydrogens is 305 g/mol. The second-order valence-corrected chi connectivity index (χ2v) is 5.48. The monoisotopic (exact) mass is 325 g/mol. The van der Waals surface area contributed by atoms with E-state index in [-0.39, 0.29) is 23.6 Å². The molecule has 23 heavy (non-hydrogen) atoms. The molecule has 0 atom stereocenters. The highest BCUT2D eigenvalue weighted by Crippen LogP contribution is 2.21. The van der Waals surface area contributed by atoms with E-state index >= 15 is 0 Å². The number of hydrogen-bond donors (Lipinski definition) is 2. The predicted octanol–water partition coefficient (Wildman–Crippen LogP) is 2.43. The zero-order chi connectivity index (χ0) is 17.6. The lowest BCUT2D eigenvalue weighted by atomic mass is 10.1. The molecule has 0 saturated heterocycles. The van der Waals surface area contributed by atoms with Crippen molar-refractivity contribution in [3.8, 4) is 0 Å². The van der Waals surface area contributed by atoms with Crippen molar-refractivity contribution in [3.63, 3.8) is 0 Å². The minimum absolute atomic E-state index is 0.0425. The molecule has 1 heterocycles. The summed E-state index contributed by atoms with van der Waals surface area (Å²) in [6.45, 7) is 6.82. The Balaban J connectivity index is 3.03. The molecule has 0 radical (unpaired) electrons. The van der Waals surface area contributed by atoms with Crippen LogP contribution in [-0.2, 0) is 14.3 Å². The van der Waals surface area contributed by atoms with Crippen molar-refractivity contribution in [2.45, 2.75) is 33.3 Å². The van der Waals surface area contributed by atoms with Gasteiger partial charge in [0.15, 0.2) is 5.82 Å². The Kier molecular flexibility index (Phi) is 6.06. The molecule has 0 aliphatic rings. The molecular formula is C15H20FN3O4. The Morgan fingerprint density at radius 2 is 2.09 bits per heavy atom. The van der Waals surface area contributed by atoms with Crippen LogP contribution in [0.4, 0.5) is 14.9 Å². The summed E-state index contributed by atoms with van der Waals surface area (Å²) in [4.78, 5) is 27.3. The molecule has 0 saturated carbocycles. The van der Waals surface area contributed by atoms with Crippen molar-refractivity contribution in [2.24, 2.45) is 5.73 Å². The van der Waals surface area contributed by atoms with Gasteiger partial charge in [-0.3, -0.25) is 10.3 Å². The maximum atomic E-state index is 13.8. The van der Waals surface area contributed by atoms with Crippen LogP contribution in [-0.4, -0.2) is 29.3 Å². The first kappa shape index (κ1) is 18.4. The van der Waals surface area contributed by atoms with Crippen molar-refractivity contribution >= 4 is 23.3 Å². The average Bonchev–Trinajstić information content (AvgIpc) is 2.41. The summed E-state index contributed by atoms with van der Waals surface area (Å²) in [5.74, 6) is -1.47. The van der Waals surface area contributed by atoms with Crippen molar-refractivity contribution in [1.82, 2.24) is 4.98 Å². The minimum atomic E-state index is -0.831. The number of carbonyl (C=O) groups excluding carboxylic acids is 2. The standard InChI is InChI=1S/C15H20FN3O4/c1-5-22-13(20)9(7-17)11-6-12(10(16)8-18-11)19-14(21)23-15(2,3)4/h6-8H,5,17H2,1-4H3,(H,18,19,21)/b9-7+. The fourth-order valence-electron chi connectivity index (χ4n) is 1.56. The van der Waals surface area contributed by atoms with E-state index in [1.54, 1.807) is 27.7 Å². The quantitative estimate of drug-likeness (QED) is 0.651. The Morgan fingerprint density at radius 3 is 2.61 bits per heavy atom. The van der Waals surface area contributed by atoms with Gasteiger partial charge in [-0.05, 0) is 33.8 Å². The number of rotatable bonds is 4. The second-order valence-electron chi connectivity index (χ2n) is 5.48. The number of pyridine rings is 1. The number of nitrogens with one attached hydrogen (secondary N) is 1.